The van der Waals surface area contributed by atoms with E-state index in [1.807, 2.05) is 13.8 Å². The molecule has 0 aliphatic rings. The summed E-state index contributed by atoms with van der Waals surface area (Å²) in [6.45, 7) is 6.25. The number of carbonyl (C=O) groups excluding carboxylic acids is 1. The molecule has 0 fully saturated rings. The number of nitrogens with two attached hydrogens (primary N) is 1. The van der Waals surface area contributed by atoms with Crippen molar-refractivity contribution in [2.45, 2.75) is 25.7 Å². The summed E-state index contributed by atoms with van der Waals surface area (Å²) in [6, 6.07) is 4.22. The van der Waals surface area contributed by atoms with E-state index in [0.29, 0.717) is 23.6 Å². The average molecular weight is 270 g/mol. The number of amides is 1. The highest BCUT2D eigenvalue weighted by molar-refractivity contribution is 7.89. The molecule has 100 valence electrons. The molecule has 0 aliphatic carbocycles. The van der Waals surface area contributed by atoms with Crippen molar-refractivity contribution >= 4 is 15.9 Å². The first-order chi connectivity index (χ1) is 8.21. The van der Waals surface area contributed by atoms with Gasteiger partial charge < -0.3 is 5.32 Å². The molecule has 0 radical (unpaired) electrons. The van der Waals surface area contributed by atoms with Crippen molar-refractivity contribution in [3.63, 3.8) is 0 Å². The van der Waals surface area contributed by atoms with Gasteiger partial charge in [-0.25, -0.2) is 13.6 Å². The number of benzene rings is 1. The maximum absolute atomic E-state index is 11.8. The zero-order chi connectivity index (χ0) is 13.9. The van der Waals surface area contributed by atoms with Gasteiger partial charge in [0, 0.05) is 12.1 Å². The number of aryl methyl sites for hydroxylation is 1. The summed E-state index contributed by atoms with van der Waals surface area (Å²) < 4.78 is 22.3. The highest BCUT2D eigenvalue weighted by atomic mass is 32.2. The summed E-state index contributed by atoms with van der Waals surface area (Å²) in [5, 5.41) is 7.80. The SMILES string of the molecule is Cc1cc(S(N)(=O)=O)ccc1C(=O)NCC(C)C. The van der Waals surface area contributed by atoms with Gasteiger partial charge in [-0.3, -0.25) is 4.79 Å². The van der Waals surface area contributed by atoms with Crippen molar-refractivity contribution < 1.29 is 13.2 Å². The first-order valence-corrected chi connectivity index (χ1v) is 7.18. The monoisotopic (exact) mass is 270 g/mol. The van der Waals surface area contributed by atoms with E-state index < -0.39 is 10.0 Å². The van der Waals surface area contributed by atoms with Gasteiger partial charge in [0.1, 0.15) is 0 Å². The summed E-state index contributed by atoms with van der Waals surface area (Å²) in [6.07, 6.45) is 0. The third-order valence-electron chi connectivity index (χ3n) is 2.44. The van der Waals surface area contributed by atoms with Crippen molar-refractivity contribution in [1.82, 2.24) is 5.32 Å². The largest absolute Gasteiger partial charge is 0.352 e. The molecule has 0 saturated heterocycles. The fraction of sp³-hybridized carbons (Fsp3) is 0.417. The van der Waals surface area contributed by atoms with Crippen LogP contribution < -0.4 is 10.5 Å². The maximum Gasteiger partial charge on any atom is 0.251 e. The number of carbonyl (C=O) groups is 1. The molecular weight excluding hydrogens is 252 g/mol. The van der Waals surface area contributed by atoms with Crippen molar-refractivity contribution in [3.8, 4) is 0 Å². The van der Waals surface area contributed by atoms with Gasteiger partial charge in [-0.05, 0) is 36.6 Å². The highest BCUT2D eigenvalue weighted by Crippen LogP contribution is 2.14. The van der Waals surface area contributed by atoms with Gasteiger partial charge in [-0.2, -0.15) is 0 Å². The van der Waals surface area contributed by atoms with Crippen molar-refractivity contribution in [2.24, 2.45) is 11.1 Å². The Hall–Kier alpha value is -1.40. The molecule has 0 atom stereocenters. The Morgan fingerprint density at radius 3 is 2.44 bits per heavy atom. The lowest BCUT2D eigenvalue weighted by Gasteiger charge is -2.10. The Bertz CT molecular complexity index is 550. The molecule has 0 unspecified atom stereocenters. The zero-order valence-electron chi connectivity index (χ0n) is 10.7. The minimum absolute atomic E-state index is 0.0143. The lowest BCUT2D eigenvalue weighted by atomic mass is 10.1. The van der Waals surface area contributed by atoms with Crippen LogP contribution in [0.3, 0.4) is 0 Å². The minimum atomic E-state index is -3.73. The van der Waals surface area contributed by atoms with Gasteiger partial charge in [0.2, 0.25) is 10.0 Å². The van der Waals surface area contributed by atoms with Crippen LogP contribution in [-0.4, -0.2) is 20.9 Å². The van der Waals surface area contributed by atoms with Crippen molar-refractivity contribution in [3.05, 3.63) is 29.3 Å². The van der Waals surface area contributed by atoms with Crippen LogP contribution in [0.5, 0.6) is 0 Å². The Labute approximate surface area is 107 Å². The Morgan fingerprint density at radius 2 is 2.00 bits per heavy atom. The molecule has 0 aliphatic heterocycles. The van der Waals surface area contributed by atoms with Gasteiger partial charge in [0.15, 0.2) is 0 Å². The van der Waals surface area contributed by atoms with E-state index in [1.54, 1.807) is 6.92 Å². The fourth-order valence-electron chi connectivity index (χ4n) is 1.46. The molecule has 0 spiro atoms. The van der Waals surface area contributed by atoms with Crippen LogP contribution in [0.2, 0.25) is 0 Å². The molecule has 0 saturated carbocycles. The van der Waals surface area contributed by atoms with Gasteiger partial charge in [-0.15, -0.1) is 0 Å². The zero-order valence-corrected chi connectivity index (χ0v) is 11.5. The third kappa shape index (κ3) is 3.82. The van der Waals surface area contributed by atoms with E-state index in [1.165, 1.54) is 18.2 Å². The predicted octanol–water partition coefficient (Wildman–Crippen LogP) is 1.03. The number of primary sulfonamides is 1. The molecule has 0 heterocycles. The molecule has 0 bridgehead atoms. The highest BCUT2D eigenvalue weighted by Gasteiger charge is 2.13. The average Bonchev–Trinajstić information content (AvgIpc) is 2.24. The Morgan fingerprint density at radius 1 is 1.39 bits per heavy atom. The van der Waals surface area contributed by atoms with Gasteiger partial charge >= 0.3 is 0 Å². The van der Waals surface area contributed by atoms with Crippen LogP contribution in [0.1, 0.15) is 29.8 Å². The minimum Gasteiger partial charge on any atom is -0.352 e. The normalized spacial score (nSPS) is 11.6. The quantitative estimate of drug-likeness (QED) is 0.856. The van der Waals surface area contributed by atoms with Crippen LogP contribution in [-0.2, 0) is 10.0 Å². The fourth-order valence-corrected chi connectivity index (χ4v) is 2.06. The lowest BCUT2D eigenvalue weighted by Crippen LogP contribution is -2.28. The molecule has 0 aromatic heterocycles. The van der Waals surface area contributed by atoms with Gasteiger partial charge in [0.05, 0.1) is 4.90 Å². The second-order valence-corrected chi connectivity index (χ2v) is 6.19. The maximum atomic E-state index is 11.8. The Kier molecular flexibility index (Phi) is 4.48. The smallest absolute Gasteiger partial charge is 0.251 e. The molecule has 18 heavy (non-hydrogen) atoms. The first kappa shape index (κ1) is 14.7. The summed E-state index contributed by atoms with van der Waals surface area (Å²) in [5.74, 6) is 0.153. The van der Waals surface area contributed by atoms with E-state index in [9.17, 15) is 13.2 Å². The molecule has 1 amide bonds. The molecule has 3 N–H and O–H groups in total. The van der Waals surface area contributed by atoms with E-state index in [0.717, 1.165) is 0 Å². The summed E-state index contributed by atoms with van der Waals surface area (Å²) in [4.78, 5) is 11.9. The van der Waals surface area contributed by atoms with Crippen LogP contribution in [0.4, 0.5) is 0 Å². The second kappa shape index (κ2) is 5.49. The Balaban J connectivity index is 2.96. The number of sulfonamides is 1. The molecule has 5 nitrogen and oxygen atoms in total. The van der Waals surface area contributed by atoms with E-state index in [-0.39, 0.29) is 10.8 Å². The van der Waals surface area contributed by atoms with Crippen molar-refractivity contribution in [1.29, 1.82) is 0 Å². The van der Waals surface area contributed by atoms with E-state index >= 15 is 0 Å². The standard InChI is InChI=1S/C12H18N2O3S/c1-8(2)7-14-12(15)11-5-4-10(6-9(11)3)18(13,16)17/h4-6,8H,7H2,1-3H3,(H,14,15)(H2,13,16,17). The third-order valence-corrected chi connectivity index (χ3v) is 3.35. The molecular formula is C12H18N2O3S. The molecule has 1 rings (SSSR count). The first-order valence-electron chi connectivity index (χ1n) is 5.63. The number of hydrogen-bond donors (Lipinski definition) is 2. The van der Waals surface area contributed by atoms with Crippen LogP contribution in [0, 0.1) is 12.8 Å². The van der Waals surface area contributed by atoms with Crippen molar-refractivity contribution in [2.75, 3.05) is 6.54 Å². The van der Waals surface area contributed by atoms with Crippen LogP contribution in [0.15, 0.2) is 23.1 Å². The number of rotatable bonds is 4. The summed E-state index contributed by atoms with van der Waals surface area (Å²) in [7, 11) is -3.73. The van der Waals surface area contributed by atoms with Gasteiger partial charge in [-0.1, -0.05) is 13.8 Å². The van der Waals surface area contributed by atoms with E-state index in [4.69, 9.17) is 5.14 Å². The lowest BCUT2D eigenvalue weighted by molar-refractivity contribution is 0.0948. The van der Waals surface area contributed by atoms with E-state index in [2.05, 4.69) is 5.32 Å². The molecule has 6 heteroatoms. The molecule has 1 aromatic rings. The number of nitrogens with one attached hydrogen (secondary N) is 1. The predicted molar refractivity (Wildman–Crippen MR) is 69.7 cm³/mol. The summed E-state index contributed by atoms with van der Waals surface area (Å²) in [5.41, 5.74) is 1.05. The van der Waals surface area contributed by atoms with Crippen LogP contribution in [0.25, 0.3) is 0 Å². The second-order valence-electron chi connectivity index (χ2n) is 4.63. The molecule has 1 aromatic carbocycles. The topological polar surface area (TPSA) is 89.3 Å². The number of hydrogen-bond acceptors (Lipinski definition) is 3. The van der Waals surface area contributed by atoms with Gasteiger partial charge in [0.25, 0.3) is 5.91 Å². The summed E-state index contributed by atoms with van der Waals surface area (Å²) >= 11 is 0. The van der Waals surface area contributed by atoms with Crippen LogP contribution >= 0.6 is 0 Å².